The van der Waals surface area contributed by atoms with E-state index in [1.54, 1.807) is 48.5 Å². The molecule has 0 spiro atoms. The normalized spacial score (nSPS) is 12.6. The number of benzene rings is 5. The third-order valence-corrected chi connectivity index (χ3v) is 16.6. The van der Waals surface area contributed by atoms with Crippen LogP contribution in [-0.4, -0.2) is 107 Å². The number of ketones is 2. The Kier molecular flexibility index (Phi) is 17.8. The summed E-state index contributed by atoms with van der Waals surface area (Å²) in [5.74, 6) is -0.465. The molecule has 308 valence electrons. The van der Waals surface area contributed by atoms with Crippen LogP contribution in [0, 0.1) is 0 Å². The number of hydrogen-bond acceptors (Lipinski definition) is 9. The van der Waals surface area contributed by atoms with Crippen molar-refractivity contribution in [2.75, 3.05) is 67.6 Å². The molecule has 0 aliphatic rings. The van der Waals surface area contributed by atoms with Crippen LogP contribution in [0.15, 0.2) is 152 Å². The smallest absolute Gasteiger partial charge is 0.395 e. The Morgan fingerprint density at radius 3 is 1.10 bits per heavy atom. The van der Waals surface area contributed by atoms with Gasteiger partial charge < -0.3 is 33.3 Å². The van der Waals surface area contributed by atoms with Crippen LogP contribution in [-0.2, 0) is 18.3 Å². The Bertz CT molecular complexity index is 1760. The number of carbonyl (C=O) groups is 2. The van der Waals surface area contributed by atoms with Crippen LogP contribution in [0.5, 0.6) is 0 Å². The molecule has 0 saturated carbocycles. The molecule has 0 aliphatic carbocycles. The van der Waals surface area contributed by atoms with E-state index in [-0.39, 0.29) is 79.1 Å². The number of aliphatic hydroxyl groups excluding tert-OH is 4. The van der Waals surface area contributed by atoms with E-state index in [9.17, 15) is 30.0 Å². The maximum Gasteiger partial charge on any atom is 0.660 e. The fourth-order valence-corrected chi connectivity index (χ4v) is 12.4. The minimum Gasteiger partial charge on any atom is -0.395 e. The van der Waals surface area contributed by atoms with E-state index < -0.39 is 33.4 Å². The third-order valence-electron chi connectivity index (χ3n) is 10.1. The molecule has 9 nitrogen and oxygen atoms in total. The summed E-state index contributed by atoms with van der Waals surface area (Å²) in [7, 11) is -6.70. The summed E-state index contributed by atoms with van der Waals surface area (Å²) in [6, 6.07) is 48.5. The largest absolute Gasteiger partial charge is 0.660 e. The van der Waals surface area contributed by atoms with Crippen molar-refractivity contribution in [3.63, 3.8) is 0 Å². The summed E-state index contributed by atoms with van der Waals surface area (Å²) in [4.78, 5) is 27.5. The molecule has 0 heterocycles. The van der Waals surface area contributed by atoms with E-state index >= 15 is 0 Å². The molecular weight excluding hydrogens is 771 g/mol. The molecule has 0 unspecified atom stereocenters. The number of Topliss-reactive ketones (excluding diaryl/α,β-unsaturated/α-hetero) is 2. The molecule has 0 aromatic heterocycles. The molecule has 12 heteroatoms. The molecule has 5 rings (SSSR count). The Morgan fingerprint density at radius 1 is 0.483 bits per heavy atom. The number of aliphatic hydroxyl groups is 4. The highest BCUT2D eigenvalue weighted by atomic mass is 32.3. The first-order valence-corrected chi connectivity index (χ1v) is 23.7. The lowest BCUT2D eigenvalue weighted by Crippen LogP contribution is -2.39. The second kappa shape index (κ2) is 22.9. The highest BCUT2D eigenvalue weighted by Gasteiger charge is 2.42. The van der Waals surface area contributed by atoms with Gasteiger partial charge in [-0.2, -0.15) is 0 Å². The second-order valence-electron chi connectivity index (χ2n) is 14.0. The molecular formula is C46H55BO9S2. The zero-order valence-electron chi connectivity index (χ0n) is 32.9. The molecule has 0 aliphatic heterocycles. The first kappa shape index (κ1) is 45.0. The summed E-state index contributed by atoms with van der Waals surface area (Å²) in [5, 5.41) is 41.4. The Hall–Kier alpha value is -4.08. The highest BCUT2D eigenvalue weighted by Crippen LogP contribution is 2.54. The molecule has 0 radical (unpaired) electrons. The summed E-state index contributed by atoms with van der Waals surface area (Å²) in [5.41, 5.74) is 3.70. The van der Waals surface area contributed by atoms with Crippen LogP contribution in [0.1, 0.15) is 50.2 Å². The monoisotopic (exact) mass is 826 g/mol. The topological polar surface area (TPSA) is 143 Å². The van der Waals surface area contributed by atoms with Gasteiger partial charge in [-0.25, -0.2) is 0 Å². The third kappa shape index (κ3) is 12.0. The van der Waals surface area contributed by atoms with Crippen LogP contribution in [0.4, 0.5) is 0 Å². The Balaban J connectivity index is 1.51. The Morgan fingerprint density at radius 2 is 0.793 bits per heavy atom. The predicted molar refractivity (Wildman–Crippen MR) is 237 cm³/mol. The number of rotatable bonds is 26. The number of hydrogen-bond donors (Lipinski definition) is 4. The number of carbonyl (C=O) groups excluding carboxylic acids is 2. The van der Waals surface area contributed by atoms with E-state index in [0.29, 0.717) is 24.0 Å². The molecule has 0 bridgehead atoms. The van der Waals surface area contributed by atoms with Crippen LogP contribution in [0.2, 0.25) is 0 Å². The van der Waals surface area contributed by atoms with Crippen LogP contribution in [0.25, 0.3) is 0 Å². The van der Waals surface area contributed by atoms with E-state index in [4.69, 9.17) is 12.9 Å². The van der Waals surface area contributed by atoms with Crippen LogP contribution in [0.3, 0.4) is 0 Å². The minimum atomic E-state index is -2.62. The molecule has 58 heavy (non-hydrogen) atoms. The van der Waals surface area contributed by atoms with Crippen molar-refractivity contribution in [3.05, 3.63) is 179 Å². The summed E-state index contributed by atoms with van der Waals surface area (Å²) in [6.45, 7) is -1.17. The molecule has 5 aromatic rings. The summed E-state index contributed by atoms with van der Waals surface area (Å²) >= 11 is 0. The van der Waals surface area contributed by atoms with Crippen molar-refractivity contribution in [1.29, 1.82) is 0 Å². The maximum absolute atomic E-state index is 13.7. The summed E-state index contributed by atoms with van der Waals surface area (Å²) < 4.78 is 20.1. The van der Waals surface area contributed by atoms with Gasteiger partial charge in [0, 0.05) is 46.2 Å². The van der Waals surface area contributed by atoms with Crippen LogP contribution >= 0.6 is 20.6 Å². The fraction of sp³-hybridized carbons (Fsp3) is 0.304. The first-order chi connectivity index (χ1) is 28.3. The van der Waals surface area contributed by atoms with Gasteiger partial charge in [-0.15, -0.1) is 20.6 Å². The lowest BCUT2D eigenvalue weighted by atomic mass is 9.67. The second-order valence-corrected chi connectivity index (χ2v) is 20.4. The zero-order chi connectivity index (χ0) is 41.1. The van der Waals surface area contributed by atoms with Gasteiger partial charge in [0.05, 0.1) is 37.9 Å². The lowest BCUT2D eigenvalue weighted by molar-refractivity contribution is 0.101. The Labute approximate surface area is 346 Å². The van der Waals surface area contributed by atoms with Gasteiger partial charge in [-0.1, -0.05) is 152 Å². The van der Waals surface area contributed by atoms with E-state index in [2.05, 4.69) is 36.4 Å². The van der Waals surface area contributed by atoms with Crippen molar-refractivity contribution in [2.24, 2.45) is 0 Å². The maximum atomic E-state index is 13.7. The molecule has 0 amide bonds. The lowest BCUT2D eigenvalue weighted by Gasteiger charge is -2.44. The quantitative estimate of drug-likeness (QED) is 0.0201. The minimum absolute atomic E-state index is 0.0553. The van der Waals surface area contributed by atoms with Gasteiger partial charge in [0.25, 0.3) is 0 Å². The average molecular weight is 827 g/mol. The molecule has 0 atom stereocenters. The van der Waals surface area contributed by atoms with Gasteiger partial charge in [-0.3, -0.25) is 9.59 Å². The molecule has 0 fully saturated rings. The van der Waals surface area contributed by atoms with Crippen molar-refractivity contribution in [3.8, 4) is 0 Å². The van der Waals surface area contributed by atoms with E-state index in [1.807, 2.05) is 66.7 Å². The van der Waals surface area contributed by atoms with E-state index in [1.165, 1.54) is 0 Å². The van der Waals surface area contributed by atoms with Gasteiger partial charge in [-0.05, 0) is 29.5 Å². The van der Waals surface area contributed by atoms with Crippen molar-refractivity contribution >= 4 is 39.5 Å². The van der Waals surface area contributed by atoms with Crippen molar-refractivity contribution < 1.29 is 42.9 Å². The van der Waals surface area contributed by atoms with Crippen molar-refractivity contribution in [2.45, 2.75) is 18.3 Å². The SMILES string of the molecule is O=C(CS(CCO)(CCO)OB(OCCCC(c1ccccc1)(c1ccccc1)c1ccccc1)OS(CCO)(CCO)CC(=O)c1ccccc1)c1ccccc1. The standard InChI is InChI=1S/C46H55BO9S2/c48-28-33-57(34-29-49,37-44(52)39-17-6-1-7-18-39)55-47(56-58(35-30-50,36-31-51)38-45(53)40-19-8-2-9-20-40)54-32-16-27-46(41-21-10-3-11-22-41,42-23-12-4-13-24-42)43-25-14-5-15-26-43/h1-15,17-26,48-51H,16,27-38H2. The molecule has 5 aromatic carbocycles. The van der Waals surface area contributed by atoms with Gasteiger partial charge in [0.2, 0.25) is 0 Å². The molecule has 0 saturated heterocycles. The van der Waals surface area contributed by atoms with Gasteiger partial charge in [0.1, 0.15) is 0 Å². The first-order valence-electron chi connectivity index (χ1n) is 19.6. The predicted octanol–water partition coefficient (Wildman–Crippen LogP) is 7.01. The van der Waals surface area contributed by atoms with E-state index in [0.717, 1.165) is 16.7 Å². The fourth-order valence-electron chi connectivity index (χ4n) is 7.33. The summed E-state index contributed by atoms with van der Waals surface area (Å²) in [6.07, 6.45) is 1.13. The molecule has 4 N–H and O–H groups in total. The highest BCUT2D eigenvalue weighted by molar-refractivity contribution is 8.32. The van der Waals surface area contributed by atoms with Gasteiger partial charge in [0.15, 0.2) is 11.6 Å². The van der Waals surface area contributed by atoms with Gasteiger partial charge >= 0.3 is 7.32 Å². The zero-order valence-corrected chi connectivity index (χ0v) is 34.5. The van der Waals surface area contributed by atoms with Crippen LogP contribution < -0.4 is 0 Å². The average Bonchev–Trinajstić information content (AvgIpc) is 3.25. The van der Waals surface area contributed by atoms with Crippen molar-refractivity contribution in [1.82, 2.24) is 0 Å².